The van der Waals surface area contributed by atoms with Gasteiger partial charge in [0.1, 0.15) is 0 Å². The van der Waals surface area contributed by atoms with Crippen molar-refractivity contribution in [3.8, 4) is 28.7 Å². The van der Waals surface area contributed by atoms with Crippen LogP contribution in [-0.2, 0) is 14.4 Å². The molecule has 2 aliphatic rings. The number of hydroxylamine groups is 2. The quantitative estimate of drug-likeness (QED) is 0.315. The predicted octanol–water partition coefficient (Wildman–Crippen LogP) is 3.95. The number of carboxylic acid groups (broad SMARTS) is 1. The number of aliphatic carboxylic acids is 1. The predicted molar refractivity (Wildman–Crippen MR) is 150 cm³/mol. The van der Waals surface area contributed by atoms with Crippen molar-refractivity contribution in [2.45, 2.75) is 45.1 Å². The van der Waals surface area contributed by atoms with Crippen molar-refractivity contribution in [1.29, 1.82) is 0 Å². The van der Waals surface area contributed by atoms with Crippen LogP contribution in [0.4, 0.5) is 0 Å². The minimum atomic E-state index is -0.948. The molecule has 4 rings (SSSR count). The number of carbonyl (C=O) groups is 2. The minimum Gasteiger partial charge on any atom is -0.493 e. The molecule has 41 heavy (non-hydrogen) atoms. The van der Waals surface area contributed by atoms with Gasteiger partial charge < -0.3 is 28.8 Å². The molecule has 1 N–H and O–H groups in total. The topological polar surface area (TPSA) is 116 Å². The maximum absolute atomic E-state index is 13.4. The third-order valence-electron chi connectivity index (χ3n) is 7.38. The molecule has 2 aliphatic heterocycles. The lowest BCUT2D eigenvalue weighted by molar-refractivity contribution is -0.188. The number of benzene rings is 2. The van der Waals surface area contributed by atoms with Gasteiger partial charge in [-0.15, -0.1) is 0 Å². The van der Waals surface area contributed by atoms with E-state index in [1.807, 2.05) is 36.9 Å². The minimum absolute atomic E-state index is 0.0189. The number of ether oxygens (including phenoxy) is 5. The fourth-order valence-electron chi connectivity index (χ4n) is 5.50. The zero-order valence-corrected chi connectivity index (χ0v) is 24.2. The highest BCUT2D eigenvalue weighted by Crippen LogP contribution is 2.47. The highest BCUT2D eigenvalue weighted by Gasteiger charge is 2.47. The van der Waals surface area contributed by atoms with E-state index in [9.17, 15) is 14.7 Å². The molecule has 224 valence electrons. The first kappa shape index (κ1) is 30.3. The summed E-state index contributed by atoms with van der Waals surface area (Å²) in [6.45, 7) is 5.52. The van der Waals surface area contributed by atoms with Crippen LogP contribution in [0.2, 0.25) is 0 Å². The smallest absolute Gasteiger partial charge is 0.308 e. The van der Waals surface area contributed by atoms with Crippen LogP contribution in [0, 0.1) is 5.92 Å². The van der Waals surface area contributed by atoms with E-state index in [0.717, 1.165) is 18.4 Å². The summed E-state index contributed by atoms with van der Waals surface area (Å²) in [5.74, 6) is 0.249. The monoisotopic (exact) mass is 572 g/mol. The second-order valence-corrected chi connectivity index (χ2v) is 10.0. The molecule has 1 unspecified atom stereocenters. The number of carbonyl (C=O) groups excluding carboxylic acids is 1. The molecule has 0 spiro atoms. The van der Waals surface area contributed by atoms with Crippen molar-refractivity contribution < 1.29 is 43.2 Å². The number of methoxy groups -OCH3 is 2. The molecule has 2 aromatic carbocycles. The fourth-order valence-corrected chi connectivity index (χ4v) is 5.50. The maximum Gasteiger partial charge on any atom is 0.308 e. The zero-order valence-electron chi connectivity index (χ0n) is 24.2. The summed E-state index contributed by atoms with van der Waals surface area (Å²) in [4.78, 5) is 33.9. The van der Waals surface area contributed by atoms with Crippen LogP contribution in [0.1, 0.15) is 44.6 Å². The molecule has 11 heteroatoms. The third kappa shape index (κ3) is 6.97. The van der Waals surface area contributed by atoms with Gasteiger partial charge in [-0.1, -0.05) is 26.0 Å². The molecule has 2 aromatic rings. The van der Waals surface area contributed by atoms with E-state index in [1.165, 1.54) is 12.2 Å². The Morgan fingerprint density at radius 1 is 1.02 bits per heavy atom. The lowest BCUT2D eigenvalue weighted by Crippen LogP contribution is -2.45. The van der Waals surface area contributed by atoms with Crippen molar-refractivity contribution in [1.82, 2.24) is 9.96 Å². The Hall–Kier alpha value is -3.70. The van der Waals surface area contributed by atoms with Crippen LogP contribution in [0.3, 0.4) is 0 Å². The van der Waals surface area contributed by atoms with Crippen LogP contribution in [0.5, 0.6) is 28.7 Å². The first-order valence-corrected chi connectivity index (χ1v) is 14.0. The standard InChI is InChI=1S/C30H40N2O9/c1-5-12-32(41-13-6-2)27(33)18-31-17-21(20-15-25(37-4)29-26(16-20)39-19-40-29)28(30(34)35)22(31)11-14-38-24-10-8-7-9-23(24)36-3/h7-10,15-16,21-22,28H,5-6,11-14,17-19H2,1-4H3,(H,34,35)/t21-,22+,28?/m1/s1. The van der Waals surface area contributed by atoms with E-state index in [-0.39, 0.29) is 25.9 Å². The number of rotatable bonds is 15. The maximum atomic E-state index is 13.4. The Bertz CT molecular complexity index is 1190. The molecule has 3 atom stereocenters. The number of carboxylic acids is 1. The van der Waals surface area contributed by atoms with Gasteiger partial charge in [0.25, 0.3) is 5.91 Å². The first-order valence-electron chi connectivity index (χ1n) is 14.0. The summed E-state index contributed by atoms with van der Waals surface area (Å²) in [5.41, 5.74) is 0.747. The van der Waals surface area contributed by atoms with Gasteiger partial charge in [-0.2, -0.15) is 0 Å². The molecule has 1 saturated heterocycles. The van der Waals surface area contributed by atoms with Crippen LogP contribution in [0.15, 0.2) is 36.4 Å². The number of hydrogen-bond donors (Lipinski definition) is 1. The molecule has 1 fully saturated rings. The molecule has 0 aliphatic carbocycles. The van der Waals surface area contributed by atoms with Crippen LogP contribution >= 0.6 is 0 Å². The summed E-state index contributed by atoms with van der Waals surface area (Å²) >= 11 is 0. The normalized spacial score (nSPS) is 19.7. The number of likely N-dealkylation sites (tertiary alicyclic amines) is 1. The number of hydrogen-bond acceptors (Lipinski definition) is 9. The third-order valence-corrected chi connectivity index (χ3v) is 7.38. The Morgan fingerprint density at radius 2 is 1.78 bits per heavy atom. The lowest BCUT2D eigenvalue weighted by atomic mass is 9.84. The average molecular weight is 573 g/mol. The number of amides is 1. The fraction of sp³-hybridized carbons (Fsp3) is 0.533. The Labute approximate surface area is 240 Å². The van der Waals surface area contributed by atoms with E-state index in [2.05, 4.69) is 0 Å². The Morgan fingerprint density at radius 3 is 2.46 bits per heavy atom. The summed E-state index contributed by atoms with van der Waals surface area (Å²) in [6, 6.07) is 10.4. The molecule has 2 heterocycles. The van der Waals surface area contributed by atoms with E-state index in [1.54, 1.807) is 25.3 Å². The largest absolute Gasteiger partial charge is 0.493 e. The van der Waals surface area contributed by atoms with Gasteiger partial charge in [-0.25, -0.2) is 5.06 Å². The van der Waals surface area contributed by atoms with Gasteiger partial charge in [0, 0.05) is 25.0 Å². The van der Waals surface area contributed by atoms with Crippen molar-refractivity contribution in [3.05, 3.63) is 42.0 Å². The van der Waals surface area contributed by atoms with Crippen molar-refractivity contribution >= 4 is 11.9 Å². The zero-order chi connectivity index (χ0) is 29.4. The van der Waals surface area contributed by atoms with Crippen molar-refractivity contribution in [3.63, 3.8) is 0 Å². The molecule has 1 amide bonds. The van der Waals surface area contributed by atoms with Crippen molar-refractivity contribution in [2.24, 2.45) is 5.92 Å². The molecule has 0 radical (unpaired) electrons. The van der Waals surface area contributed by atoms with Gasteiger partial charge in [0.05, 0.1) is 39.9 Å². The van der Waals surface area contributed by atoms with E-state index in [0.29, 0.717) is 54.9 Å². The highest BCUT2D eigenvalue weighted by molar-refractivity contribution is 5.78. The van der Waals surface area contributed by atoms with Gasteiger partial charge in [0.15, 0.2) is 23.0 Å². The molecule has 0 saturated carbocycles. The Kier molecular flexibility index (Phi) is 10.5. The van der Waals surface area contributed by atoms with Gasteiger partial charge in [-0.05, 0) is 49.1 Å². The first-order chi connectivity index (χ1) is 19.9. The lowest BCUT2D eigenvalue weighted by Gasteiger charge is -2.29. The van der Waals surface area contributed by atoms with Crippen LogP contribution in [-0.4, -0.2) is 86.8 Å². The molecule has 0 aromatic heterocycles. The van der Waals surface area contributed by atoms with Crippen LogP contribution in [0.25, 0.3) is 0 Å². The Balaban J connectivity index is 1.62. The van der Waals surface area contributed by atoms with Crippen molar-refractivity contribution in [2.75, 3.05) is 53.9 Å². The van der Waals surface area contributed by atoms with E-state index >= 15 is 0 Å². The summed E-state index contributed by atoms with van der Waals surface area (Å²) in [6.07, 6.45) is 1.89. The summed E-state index contributed by atoms with van der Waals surface area (Å²) < 4.78 is 28.1. The second-order valence-electron chi connectivity index (χ2n) is 10.0. The van der Waals surface area contributed by atoms with Crippen LogP contribution < -0.4 is 23.7 Å². The van der Waals surface area contributed by atoms with Gasteiger partial charge in [0.2, 0.25) is 12.5 Å². The van der Waals surface area contributed by atoms with E-state index < -0.39 is 23.8 Å². The second kappa shape index (κ2) is 14.3. The number of para-hydroxylation sites is 2. The molecular weight excluding hydrogens is 532 g/mol. The molecular formula is C30H40N2O9. The average Bonchev–Trinajstić information content (AvgIpc) is 3.60. The molecule has 11 nitrogen and oxygen atoms in total. The summed E-state index contributed by atoms with van der Waals surface area (Å²) in [7, 11) is 3.10. The van der Waals surface area contributed by atoms with Gasteiger partial charge in [-0.3, -0.25) is 19.3 Å². The highest BCUT2D eigenvalue weighted by atomic mass is 16.7. The van der Waals surface area contributed by atoms with E-state index in [4.69, 9.17) is 28.5 Å². The summed E-state index contributed by atoms with van der Waals surface area (Å²) in [5, 5.41) is 11.9. The number of fused-ring (bicyclic) bond motifs is 1. The number of nitrogens with zero attached hydrogens (tertiary/aromatic N) is 2. The van der Waals surface area contributed by atoms with Gasteiger partial charge >= 0.3 is 5.97 Å². The SMILES string of the molecule is CCCON(CCC)C(=O)CN1C[C@H](c2cc(OC)c3c(c2)OCO3)C(C(=O)O)[C@@H]1CCOc1ccccc1OC. The molecule has 0 bridgehead atoms.